The van der Waals surface area contributed by atoms with Gasteiger partial charge in [0.1, 0.15) is 0 Å². The van der Waals surface area contributed by atoms with Crippen molar-refractivity contribution in [2.45, 2.75) is 18.4 Å². The van der Waals surface area contributed by atoms with Crippen molar-refractivity contribution >= 4 is 34.1 Å². The minimum atomic E-state index is -0.694. The fourth-order valence-electron chi connectivity index (χ4n) is 1.85. The quantitative estimate of drug-likeness (QED) is 0.872. The Morgan fingerprint density at radius 3 is 2.89 bits per heavy atom. The Kier molecular flexibility index (Phi) is 2.50. The van der Waals surface area contributed by atoms with E-state index in [4.69, 9.17) is 17.3 Å². The first kappa shape index (κ1) is 11.4. The summed E-state index contributed by atoms with van der Waals surface area (Å²) < 4.78 is 0. The molecule has 3 rings (SSSR count). The predicted molar refractivity (Wildman–Crippen MR) is 71.5 cm³/mol. The van der Waals surface area contributed by atoms with E-state index in [1.807, 2.05) is 12.1 Å². The summed E-state index contributed by atoms with van der Waals surface area (Å²) in [6.07, 6.45) is 3.14. The fourth-order valence-corrected chi connectivity index (χ4v) is 2.06. The highest BCUT2D eigenvalue weighted by atomic mass is 35.5. The highest BCUT2D eigenvalue weighted by Crippen LogP contribution is 2.34. The number of nitrogens with two attached hydrogens (primary N) is 1. The highest BCUT2D eigenvalue weighted by molar-refractivity contribution is 6.36. The third-order valence-corrected chi connectivity index (χ3v) is 3.54. The van der Waals surface area contributed by atoms with Gasteiger partial charge in [-0.15, -0.1) is 0 Å². The molecule has 0 radical (unpaired) electrons. The van der Waals surface area contributed by atoms with Gasteiger partial charge < -0.3 is 11.1 Å². The molecule has 1 aliphatic rings. The summed E-state index contributed by atoms with van der Waals surface area (Å²) in [6.45, 7) is 0. The summed E-state index contributed by atoms with van der Waals surface area (Å²) in [7, 11) is 0. The van der Waals surface area contributed by atoms with Crippen molar-refractivity contribution in [2.75, 3.05) is 5.32 Å². The van der Waals surface area contributed by atoms with Crippen molar-refractivity contribution < 1.29 is 4.79 Å². The van der Waals surface area contributed by atoms with Gasteiger partial charge in [-0.3, -0.25) is 9.78 Å². The van der Waals surface area contributed by atoms with Gasteiger partial charge in [0.25, 0.3) is 0 Å². The molecule has 1 aromatic heterocycles. The van der Waals surface area contributed by atoms with Crippen molar-refractivity contribution in [3.63, 3.8) is 0 Å². The van der Waals surface area contributed by atoms with Gasteiger partial charge >= 0.3 is 0 Å². The van der Waals surface area contributed by atoms with Crippen molar-refractivity contribution in [2.24, 2.45) is 5.73 Å². The number of nitrogens with zero attached hydrogens (tertiary/aromatic N) is 1. The maximum atomic E-state index is 11.9. The molecule has 3 N–H and O–H groups in total. The number of pyridine rings is 1. The Labute approximate surface area is 109 Å². The predicted octanol–water partition coefficient (Wildman–Crippen LogP) is 2.32. The summed E-state index contributed by atoms with van der Waals surface area (Å²) in [6, 6.07) is 7.18. The van der Waals surface area contributed by atoms with E-state index in [1.54, 1.807) is 18.3 Å². The van der Waals surface area contributed by atoms with E-state index in [0.717, 1.165) is 18.2 Å². The molecule has 1 amide bonds. The molecule has 1 aromatic carbocycles. The maximum Gasteiger partial charge on any atom is 0.244 e. The molecule has 0 atom stereocenters. The normalized spacial score (nSPS) is 16.6. The molecular weight excluding hydrogens is 250 g/mol. The van der Waals surface area contributed by atoms with Crippen LogP contribution >= 0.6 is 11.6 Å². The molecule has 5 heteroatoms. The summed E-state index contributed by atoms with van der Waals surface area (Å²) in [5.74, 6) is -0.156. The molecule has 0 saturated heterocycles. The maximum absolute atomic E-state index is 11.9. The van der Waals surface area contributed by atoms with Crippen molar-refractivity contribution in [1.29, 1.82) is 0 Å². The van der Waals surface area contributed by atoms with Crippen LogP contribution in [0.5, 0.6) is 0 Å². The van der Waals surface area contributed by atoms with Crippen molar-refractivity contribution in [1.82, 2.24) is 4.98 Å². The van der Waals surface area contributed by atoms with Crippen molar-refractivity contribution in [3.05, 3.63) is 35.5 Å². The Hall–Kier alpha value is -1.65. The molecule has 92 valence electrons. The molecule has 4 nitrogen and oxygen atoms in total. The molecule has 0 aliphatic heterocycles. The highest BCUT2D eigenvalue weighted by Gasteiger charge is 2.46. The van der Waals surface area contributed by atoms with E-state index in [9.17, 15) is 4.79 Å². The van der Waals surface area contributed by atoms with E-state index in [0.29, 0.717) is 16.2 Å². The van der Waals surface area contributed by atoms with Crippen LogP contribution < -0.4 is 11.1 Å². The number of aromatic nitrogens is 1. The van der Waals surface area contributed by atoms with Gasteiger partial charge in [0.2, 0.25) is 5.91 Å². The number of carbonyl (C=O) groups excluding carboxylic acids is 1. The second-order valence-electron chi connectivity index (χ2n) is 4.60. The van der Waals surface area contributed by atoms with Crippen molar-refractivity contribution in [3.8, 4) is 0 Å². The summed E-state index contributed by atoms with van der Waals surface area (Å²) in [4.78, 5) is 16.2. The Bertz CT molecular complexity index is 637. The van der Waals surface area contributed by atoms with Gasteiger partial charge in [-0.25, -0.2) is 0 Å². The number of nitrogens with one attached hydrogen (secondary N) is 1. The number of halogens is 1. The third-order valence-electron chi connectivity index (χ3n) is 3.21. The van der Waals surface area contributed by atoms with Gasteiger partial charge in [0, 0.05) is 11.6 Å². The van der Waals surface area contributed by atoms with Gasteiger partial charge in [-0.1, -0.05) is 11.6 Å². The molecule has 2 aromatic rings. The zero-order valence-electron chi connectivity index (χ0n) is 9.61. The number of hydrogen-bond donors (Lipinski definition) is 2. The first-order valence-electron chi connectivity index (χ1n) is 5.74. The first-order chi connectivity index (χ1) is 8.60. The van der Waals surface area contributed by atoms with Crippen LogP contribution in [0.25, 0.3) is 10.9 Å². The Morgan fingerprint density at radius 2 is 2.17 bits per heavy atom. The van der Waals surface area contributed by atoms with Gasteiger partial charge in [-0.2, -0.15) is 0 Å². The molecular formula is C13H12ClN3O. The first-order valence-corrected chi connectivity index (χ1v) is 6.11. The number of rotatable bonds is 2. The number of hydrogen-bond acceptors (Lipinski definition) is 3. The average molecular weight is 262 g/mol. The van der Waals surface area contributed by atoms with E-state index in [-0.39, 0.29) is 5.91 Å². The smallest absolute Gasteiger partial charge is 0.244 e. The monoisotopic (exact) mass is 261 g/mol. The van der Waals surface area contributed by atoms with Crippen LogP contribution in [0.4, 0.5) is 5.69 Å². The molecule has 1 fully saturated rings. The van der Waals surface area contributed by atoms with Crippen LogP contribution in [0.3, 0.4) is 0 Å². The van der Waals surface area contributed by atoms with E-state index in [1.165, 1.54) is 0 Å². The van der Waals surface area contributed by atoms with Crippen LogP contribution in [-0.4, -0.2) is 16.4 Å². The number of benzene rings is 1. The molecule has 0 unspecified atom stereocenters. The molecule has 1 saturated carbocycles. The lowest BCUT2D eigenvalue weighted by Gasteiger charge is -2.12. The van der Waals surface area contributed by atoms with Crippen LogP contribution in [-0.2, 0) is 4.79 Å². The van der Waals surface area contributed by atoms with E-state index < -0.39 is 5.54 Å². The summed E-state index contributed by atoms with van der Waals surface area (Å²) in [5, 5.41) is 4.26. The second kappa shape index (κ2) is 3.93. The summed E-state index contributed by atoms with van der Waals surface area (Å²) in [5.41, 5.74) is 6.49. The lowest BCUT2D eigenvalue weighted by atomic mass is 10.1. The number of amides is 1. The molecule has 0 spiro atoms. The van der Waals surface area contributed by atoms with Crippen LogP contribution in [0.2, 0.25) is 5.02 Å². The molecule has 0 bridgehead atoms. The Morgan fingerprint density at radius 1 is 1.39 bits per heavy atom. The van der Waals surface area contributed by atoms with E-state index >= 15 is 0 Å². The van der Waals surface area contributed by atoms with E-state index in [2.05, 4.69) is 10.3 Å². The average Bonchev–Trinajstić information content (AvgIpc) is 3.13. The number of fused-ring (bicyclic) bond motifs is 1. The SMILES string of the molecule is NC1(C(=O)Nc2ccc(Cl)c3cccnc23)CC1. The van der Waals surface area contributed by atoms with Crippen LogP contribution in [0.1, 0.15) is 12.8 Å². The number of anilines is 1. The molecule has 1 aliphatic carbocycles. The number of carbonyl (C=O) groups is 1. The minimum Gasteiger partial charge on any atom is -0.323 e. The lowest BCUT2D eigenvalue weighted by Crippen LogP contribution is -2.37. The zero-order valence-corrected chi connectivity index (χ0v) is 10.4. The third kappa shape index (κ3) is 1.83. The lowest BCUT2D eigenvalue weighted by molar-refractivity contribution is -0.118. The zero-order chi connectivity index (χ0) is 12.8. The van der Waals surface area contributed by atoms with Crippen LogP contribution in [0, 0.1) is 0 Å². The van der Waals surface area contributed by atoms with Crippen LogP contribution in [0.15, 0.2) is 30.5 Å². The topological polar surface area (TPSA) is 68.0 Å². The summed E-state index contributed by atoms with van der Waals surface area (Å²) >= 11 is 6.09. The molecule has 1 heterocycles. The Balaban J connectivity index is 2.02. The van der Waals surface area contributed by atoms with Gasteiger partial charge in [-0.05, 0) is 37.1 Å². The second-order valence-corrected chi connectivity index (χ2v) is 5.01. The van der Waals surface area contributed by atoms with Gasteiger partial charge in [0.05, 0.1) is 21.8 Å². The standard InChI is InChI=1S/C13H12ClN3O/c14-9-3-4-10(11-8(9)2-1-7-16-11)17-12(18)13(15)5-6-13/h1-4,7H,5-6,15H2,(H,17,18). The van der Waals surface area contributed by atoms with Gasteiger partial charge in [0.15, 0.2) is 0 Å². The fraction of sp³-hybridized carbons (Fsp3) is 0.231. The molecule has 18 heavy (non-hydrogen) atoms. The largest absolute Gasteiger partial charge is 0.323 e. The minimum absolute atomic E-state index is 0.156.